The van der Waals surface area contributed by atoms with Crippen LogP contribution < -0.4 is 10.2 Å². The van der Waals surface area contributed by atoms with Crippen LogP contribution in [0.1, 0.15) is 33.1 Å². The zero-order valence-electron chi connectivity index (χ0n) is 11.9. The van der Waals surface area contributed by atoms with Crippen molar-refractivity contribution >= 4 is 23.4 Å². The monoisotopic (exact) mass is 279 g/mol. The Morgan fingerprint density at radius 2 is 1.95 bits per heavy atom. The van der Waals surface area contributed by atoms with Gasteiger partial charge in [0.2, 0.25) is 5.91 Å². The van der Waals surface area contributed by atoms with Crippen molar-refractivity contribution in [3.63, 3.8) is 0 Å². The quantitative estimate of drug-likeness (QED) is 0.761. The summed E-state index contributed by atoms with van der Waals surface area (Å²) in [5.41, 5.74) is 0.626. The Balaban J connectivity index is 2.48. The van der Waals surface area contributed by atoms with Crippen molar-refractivity contribution in [2.24, 2.45) is 0 Å². The zero-order chi connectivity index (χ0) is 15.0. The first kappa shape index (κ1) is 15.9. The van der Waals surface area contributed by atoms with Crippen molar-refractivity contribution in [2.75, 3.05) is 23.3 Å². The lowest BCUT2D eigenvalue weighted by molar-refractivity contribution is -0.137. The number of carboxylic acids is 1. The molecule has 0 atom stereocenters. The lowest BCUT2D eigenvalue weighted by Crippen LogP contribution is -2.22. The first-order valence-electron chi connectivity index (χ1n) is 6.79. The van der Waals surface area contributed by atoms with Gasteiger partial charge in [-0.05, 0) is 32.4 Å². The number of aromatic nitrogens is 1. The molecular weight excluding hydrogens is 258 g/mol. The summed E-state index contributed by atoms with van der Waals surface area (Å²) in [6.07, 6.45) is 2.16. The van der Waals surface area contributed by atoms with E-state index in [0.29, 0.717) is 12.1 Å². The predicted octanol–water partition coefficient (Wildman–Crippen LogP) is 2.12. The molecule has 0 unspecified atom stereocenters. The number of rotatable bonds is 8. The van der Waals surface area contributed by atoms with E-state index in [9.17, 15) is 9.59 Å². The molecule has 110 valence electrons. The van der Waals surface area contributed by atoms with Gasteiger partial charge in [0.1, 0.15) is 5.82 Å². The Bertz CT molecular complexity index is 441. The smallest absolute Gasteiger partial charge is 0.303 e. The van der Waals surface area contributed by atoms with Gasteiger partial charge in [-0.15, -0.1) is 0 Å². The lowest BCUT2D eigenvalue weighted by Gasteiger charge is -2.19. The molecule has 0 aliphatic carbocycles. The van der Waals surface area contributed by atoms with Gasteiger partial charge in [-0.25, -0.2) is 4.98 Å². The topological polar surface area (TPSA) is 82.5 Å². The third-order valence-electron chi connectivity index (χ3n) is 2.91. The molecule has 0 aliphatic heterocycles. The summed E-state index contributed by atoms with van der Waals surface area (Å²) in [6.45, 7) is 5.88. The van der Waals surface area contributed by atoms with E-state index in [1.807, 2.05) is 6.07 Å². The van der Waals surface area contributed by atoms with Crippen LogP contribution >= 0.6 is 0 Å². The SMILES string of the molecule is CCN(CC)c1ccc(NC(=O)CCCC(=O)O)cn1. The van der Waals surface area contributed by atoms with Gasteiger partial charge in [-0.3, -0.25) is 9.59 Å². The minimum absolute atomic E-state index is 0.00652. The average molecular weight is 279 g/mol. The first-order chi connectivity index (χ1) is 9.56. The fourth-order valence-electron chi connectivity index (χ4n) is 1.82. The predicted molar refractivity (Wildman–Crippen MR) is 77.9 cm³/mol. The Hall–Kier alpha value is -2.11. The molecule has 1 heterocycles. The Labute approximate surface area is 118 Å². The van der Waals surface area contributed by atoms with Crippen molar-refractivity contribution in [1.29, 1.82) is 0 Å². The fraction of sp³-hybridized carbons (Fsp3) is 0.500. The summed E-state index contributed by atoms with van der Waals surface area (Å²) in [5.74, 6) is -0.203. The molecule has 1 amide bonds. The number of pyridine rings is 1. The second-order valence-electron chi connectivity index (χ2n) is 4.37. The molecule has 0 fully saturated rings. The van der Waals surface area contributed by atoms with E-state index in [2.05, 4.69) is 29.0 Å². The van der Waals surface area contributed by atoms with E-state index in [-0.39, 0.29) is 18.7 Å². The molecule has 1 aromatic heterocycles. The van der Waals surface area contributed by atoms with Crippen LogP contribution in [0.2, 0.25) is 0 Å². The molecule has 0 aliphatic rings. The van der Waals surface area contributed by atoms with Crippen LogP contribution in [0.25, 0.3) is 0 Å². The highest BCUT2D eigenvalue weighted by Crippen LogP contribution is 2.14. The Morgan fingerprint density at radius 1 is 1.25 bits per heavy atom. The van der Waals surface area contributed by atoms with E-state index in [1.165, 1.54) is 0 Å². The van der Waals surface area contributed by atoms with Gasteiger partial charge in [0.25, 0.3) is 0 Å². The minimum atomic E-state index is -0.886. The zero-order valence-corrected chi connectivity index (χ0v) is 11.9. The number of amides is 1. The Kier molecular flexibility index (Phi) is 6.49. The highest BCUT2D eigenvalue weighted by atomic mass is 16.4. The van der Waals surface area contributed by atoms with Gasteiger partial charge < -0.3 is 15.3 Å². The summed E-state index contributed by atoms with van der Waals surface area (Å²) in [7, 11) is 0. The van der Waals surface area contributed by atoms with Crippen LogP contribution in [0.4, 0.5) is 11.5 Å². The number of nitrogens with one attached hydrogen (secondary N) is 1. The molecule has 1 aromatic rings. The maximum atomic E-state index is 11.6. The van der Waals surface area contributed by atoms with Crippen LogP contribution in [0.15, 0.2) is 18.3 Å². The van der Waals surface area contributed by atoms with Crippen molar-refractivity contribution in [3.8, 4) is 0 Å². The largest absolute Gasteiger partial charge is 0.481 e. The molecule has 0 radical (unpaired) electrons. The second kappa shape index (κ2) is 8.14. The summed E-state index contributed by atoms with van der Waals surface area (Å²) in [5, 5.41) is 11.2. The molecule has 6 heteroatoms. The standard InChI is InChI=1S/C14H21N3O3/c1-3-17(4-2)12-9-8-11(10-15-12)16-13(18)6-5-7-14(19)20/h8-10H,3-7H2,1-2H3,(H,16,18)(H,19,20). The van der Waals surface area contributed by atoms with Crippen LogP contribution in [0.3, 0.4) is 0 Å². The number of carboxylic acid groups (broad SMARTS) is 1. The van der Waals surface area contributed by atoms with Gasteiger partial charge in [0.05, 0.1) is 11.9 Å². The number of carbonyl (C=O) groups excluding carboxylic acids is 1. The molecular formula is C14H21N3O3. The van der Waals surface area contributed by atoms with E-state index >= 15 is 0 Å². The maximum absolute atomic E-state index is 11.6. The lowest BCUT2D eigenvalue weighted by atomic mass is 10.2. The molecule has 0 bridgehead atoms. The maximum Gasteiger partial charge on any atom is 0.303 e. The minimum Gasteiger partial charge on any atom is -0.481 e. The Morgan fingerprint density at radius 3 is 2.45 bits per heavy atom. The van der Waals surface area contributed by atoms with Crippen molar-refractivity contribution < 1.29 is 14.7 Å². The van der Waals surface area contributed by atoms with Gasteiger partial charge in [-0.2, -0.15) is 0 Å². The molecule has 1 rings (SSSR count). The van der Waals surface area contributed by atoms with E-state index in [1.54, 1.807) is 12.3 Å². The molecule has 20 heavy (non-hydrogen) atoms. The second-order valence-corrected chi connectivity index (χ2v) is 4.37. The summed E-state index contributed by atoms with van der Waals surface area (Å²) >= 11 is 0. The summed E-state index contributed by atoms with van der Waals surface area (Å²) in [6, 6.07) is 3.66. The number of hydrogen-bond donors (Lipinski definition) is 2. The highest BCUT2D eigenvalue weighted by Gasteiger charge is 2.06. The van der Waals surface area contributed by atoms with Crippen molar-refractivity contribution in [3.05, 3.63) is 18.3 Å². The van der Waals surface area contributed by atoms with Gasteiger partial charge in [-0.1, -0.05) is 0 Å². The van der Waals surface area contributed by atoms with Gasteiger partial charge in [0, 0.05) is 25.9 Å². The fourth-order valence-corrected chi connectivity index (χ4v) is 1.82. The third kappa shape index (κ3) is 5.26. The summed E-state index contributed by atoms with van der Waals surface area (Å²) < 4.78 is 0. The number of aliphatic carboxylic acids is 1. The van der Waals surface area contributed by atoms with Crippen LogP contribution in [0, 0.1) is 0 Å². The van der Waals surface area contributed by atoms with Gasteiger partial charge >= 0.3 is 5.97 Å². The summed E-state index contributed by atoms with van der Waals surface area (Å²) in [4.78, 5) is 28.3. The van der Waals surface area contributed by atoms with E-state index in [4.69, 9.17) is 5.11 Å². The number of nitrogens with zero attached hydrogens (tertiary/aromatic N) is 2. The molecule has 0 saturated carbocycles. The molecule has 0 saturated heterocycles. The van der Waals surface area contributed by atoms with E-state index in [0.717, 1.165) is 18.9 Å². The highest BCUT2D eigenvalue weighted by molar-refractivity contribution is 5.90. The molecule has 0 spiro atoms. The van der Waals surface area contributed by atoms with E-state index < -0.39 is 5.97 Å². The molecule has 0 aromatic carbocycles. The van der Waals surface area contributed by atoms with Gasteiger partial charge in [0.15, 0.2) is 0 Å². The van der Waals surface area contributed by atoms with Crippen LogP contribution in [-0.4, -0.2) is 35.1 Å². The van der Waals surface area contributed by atoms with Crippen molar-refractivity contribution in [1.82, 2.24) is 4.98 Å². The van der Waals surface area contributed by atoms with Crippen LogP contribution in [-0.2, 0) is 9.59 Å². The number of hydrogen-bond acceptors (Lipinski definition) is 4. The first-order valence-corrected chi connectivity index (χ1v) is 6.79. The van der Waals surface area contributed by atoms with Crippen molar-refractivity contribution in [2.45, 2.75) is 33.1 Å². The average Bonchev–Trinajstić information content (AvgIpc) is 2.41. The number of carbonyl (C=O) groups is 2. The van der Waals surface area contributed by atoms with Crippen LogP contribution in [0.5, 0.6) is 0 Å². The molecule has 6 nitrogen and oxygen atoms in total. The normalized spacial score (nSPS) is 10.1. The number of anilines is 2. The third-order valence-corrected chi connectivity index (χ3v) is 2.91. The molecule has 2 N–H and O–H groups in total.